The molecule has 4 amide bonds. The van der Waals surface area contributed by atoms with E-state index >= 15 is 0 Å². The lowest BCUT2D eigenvalue weighted by Crippen LogP contribution is -2.57. The molecule has 1 aromatic carbocycles. The van der Waals surface area contributed by atoms with Crippen molar-refractivity contribution in [3.05, 3.63) is 29.8 Å². The molecule has 2 aliphatic rings. The van der Waals surface area contributed by atoms with Crippen LogP contribution in [-0.4, -0.2) is 53.2 Å². The van der Waals surface area contributed by atoms with E-state index < -0.39 is 35.4 Å². The average Bonchev–Trinajstić information content (AvgIpc) is 3.28. The van der Waals surface area contributed by atoms with Gasteiger partial charge in [-0.3, -0.25) is 19.2 Å². The van der Waals surface area contributed by atoms with Crippen molar-refractivity contribution in [1.29, 1.82) is 5.26 Å². The Morgan fingerprint density at radius 3 is 2.46 bits per heavy atom. The molecular formula is C26H35N5O4. The van der Waals surface area contributed by atoms with Gasteiger partial charge in [-0.1, -0.05) is 52.8 Å². The Morgan fingerprint density at radius 1 is 1.23 bits per heavy atom. The number of carbonyl (C=O) groups is 4. The average molecular weight is 482 g/mol. The zero-order valence-electron chi connectivity index (χ0n) is 21.3. The Morgan fingerprint density at radius 2 is 1.89 bits per heavy atom. The van der Waals surface area contributed by atoms with Gasteiger partial charge in [-0.25, -0.2) is 0 Å². The van der Waals surface area contributed by atoms with Gasteiger partial charge in [0.2, 0.25) is 23.6 Å². The van der Waals surface area contributed by atoms with Gasteiger partial charge in [-0.05, 0) is 29.4 Å². The van der Waals surface area contributed by atoms with E-state index in [4.69, 9.17) is 0 Å². The molecule has 2 heterocycles. The number of nitrogens with one attached hydrogen (secondary N) is 3. The van der Waals surface area contributed by atoms with Crippen molar-refractivity contribution in [3.8, 4) is 6.07 Å². The summed E-state index contributed by atoms with van der Waals surface area (Å²) in [5.41, 5.74) is 0.159. The van der Waals surface area contributed by atoms with Gasteiger partial charge in [0.05, 0.1) is 11.5 Å². The van der Waals surface area contributed by atoms with E-state index in [9.17, 15) is 24.4 Å². The lowest BCUT2D eigenvalue weighted by Gasteiger charge is -2.32. The number of amides is 4. The molecule has 0 radical (unpaired) electrons. The first-order valence-electron chi connectivity index (χ1n) is 12.0. The van der Waals surface area contributed by atoms with E-state index in [1.165, 1.54) is 11.8 Å². The first kappa shape index (κ1) is 26.2. The highest BCUT2D eigenvalue weighted by Gasteiger charge is 2.56. The van der Waals surface area contributed by atoms with Crippen molar-refractivity contribution in [1.82, 2.24) is 15.5 Å². The zero-order valence-corrected chi connectivity index (χ0v) is 21.3. The fraction of sp³-hybridized carbons (Fsp3) is 0.577. The van der Waals surface area contributed by atoms with Crippen LogP contribution in [0.2, 0.25) is 0 Å². The minimum Gasteiger partial charge on any atom is -0.344 e. The minimum absolute atomic E-state index is 0.0583. The van der Waals surface area contributed by atoms with Crippen LogP contribution in [0.1, 0.15) is 59.9 Å². The molecule has 1 fully saturated rings. The lowest BCUT2D eigenvalue weighted by atomic mass is 9.80. The number of carbonyl (C=O) groups excluding carboxylic acids is 4. The zero-order chi connectivity index (χ0) is 26.1. The van der Waals surface area contributed by atoms with Crippen LogP contribution in [0.25, 0.3) is 0 Å². The van der Waals surface area contributed by atoms with E-state index in [0.29, 0.717) is 12.1 Å². The Labute approximate surface area is 206 Å². The normalized spacial score (nSPS) is 22.9. The summed E-state index contributed by atoms with van der Waals surface area (Å²) in [7, 11) is 0. The molecule has 3 N–H and O–H groups in total. The number of rotatable bonds is 6. The standard InChI is InChI=1S/C26H35N5O4/c1-15(2)21(28-16(3)32)22(33)29-20(12-25(4,5)6)23(34)31-14-26(11-17(31)13-27)18-9-7-8-10-19(18)30-24(26)35/h7-10,15,17,20-21H,11-12,14H2,1-6H3,(H,28,32)(H,29,33)(H,30,35)/t17-,20-,21-,26-/m0/s1. The minimum atomic E-state index is -1.00. The Hall–Kier alpha value is -3.41. The predicted molar refractivity (Wildman–Crippen MR) is 131 cm³/mol. The quantitative estimate of drug-likeness (QED) is 0.572. The topological polar surface area (TPSA) is 131 Å². The summed E-state index contributed by atoms with van der Waals surface area (Å²) in [5.74, 6) is -1.61. The molecular weight excluding hydrogens is 446 g/mol. The number of benzene rings is 1. The predicted octanol–water partition coefficient (Wildman–Crippen LogP) is 2.08. The Bertz CT molecular complexity index is 1070. The van der Waals surface area contributed by atoms with E-state index in [0.717, 1.165) is 5.56 Å². The molecule has 0 unspecified atom stereocenters. The van der Waals surface area contributed by atoms with Gasteiger partial charge in [0.15, 0.2) is 0 Å². The number of likely N-dealkylation sites (tertiary alicyclic amines) is 1. The molecule has 2 aliphatic heterocycles. The van der Waals surface area contributed by atoms with Gasteiger partial charge in [0, 0.05) is 25.6 Å². The molecule has 0 aromatic heterocycles. The molecule has 188 valence electrons. The second kappa shape index (κ2) is 9.68. The van der Waals surface area contributed by atoms with Gasteiger partial charge >= 0.3 is 0 Å². The second-order valence-corrected chi connectivity index (χ2v) is 11.1. The third-order valence-electron chi connectivity index (χ3n) is 6.65. The van der Waals surface area contributed by atoms with Crippen LogP contribution in [0.15, 0.2) is 24.3 Å². The SMILES string of the molecule is CC(=O)N[C@H](C(=O)N[C@@H](CC(C)(C)C)C(=O)N1C[C@]2(C[C@H]1C#N)C(=O)Nc1ccccc12)C(C)C. The largest absolute Gasteiger partial charge is 0.344 e. The highest BCUT2D eigenvalue weighted by atomic mass is 16.2. The van der Waals surface area contributed by atoms with Crippen molar-refractivity contribution in [2.24, 2.45) is 11.3 Å². The van der Waals surface area contributed by atoms with Crippen LogP contribution in [-0.2, 0) is 24.6 Å². The molecule has 1 aromatic rings. The first-order valence-corrected chi connectivity index (χ1v) is 12.0. The van der Waals surface area contributed by atoms with E-state index in [2.05, 4.69) is 22.0 Å². The van der Waals surface area contributed by atoms with Crippen LogP contribution in [0.3, 0.4) is 0 Å². The van der Waals surface area contributed by atoms with Crippen LogP contribution in [0.5, 0.6) is 0 Å². The van der Waals surface area contributed by atoms with Gasteiger partial charge in [-0.2, -0.15) is 5.26 Å². The number of para-hydroxylation sites is 1. The van der Waals surface area contributed by atoms with Crippen molar-refractivity contribution in [2.75, 3.05) is 11.9 Å². The number of anilines is 1. The summed E-state index contributed by atoms with van der Waals surface area (Å²) in [6.45, 7) is 10.9. The molecule has 0 bridgehead atoms. The highest BCUT2D eigenvalue weighted by Crippen LogP contribution is 2.46. The molecule has 0 saturated carbocycles. The monoisotopic (exact) mass is 481 g/mol. The third kappa shape index (κ3) is 5.31. The maximum Gasteiger partial charge on any atom is 0.246 e. The summed E-state index contributed by atoms with van der Waals surface area (Å²) in [6.07, 6.45) is 0.516. The van der Waals surface area contributed by atoms with Crippen LogP contribution >= 0.6 is 0 Å². The molecule has 0 aliphatic carbocycles. The maximum atomic E-state index is 13.8. The van der Waals surface area contributed by atoms with Crippen LogP contribution < -0.4 is 16.0 Å². The molecule has 9 nitrogen and oxygen atoms in total. The molecule has 1 spiro atoms. The van der Waals surface area contributed by atoms with E-state index in [1.807, 2.05) is 58.9 Å². The number of hydrogen-bond donors (Lipinski definition) is 3. The molecule has 3 rings (SSSR count). The van der Waals surface area contributed by atoms with Crippen LogP contribution in [0, 0.1) is 22.7 Å². The first-order chi connectivity index (χ1) is 16.3. The van der Waals surface area contributed by atoms with Crippen molar-refractivity contribution in [3.63, 3.8) is 0 Å². The fourth-order valence-corrected chi connectivity index (χ4v) is 5.01. The molecule has 9 heteroatoms. The van der Waals surface area contributed by atoms with Gasteiger partial charge in [0.25, 0.3) is 0 Å². The number of hydrogen-bond acceptors (Lipinski definition) is 5. The Kier molecular flexibility index (Phi) is 7.25. The number of nitrogens with zero attached hydrogens (tertiary/aromatic N) is 2. The molecule has 4 atom stereocenters. The molecule has 35 heavy (non-hydrogen) atoms. The summed E-state index contributed by atoms with van der Waals surface area (Å²) in [6, 6.07) is 6.99. The van der Waals surface area contributed by atoms with Crippen molar-refractivity contribution in [2.45, 2.75) is 77.9 Å². The summed E-state index contributed by atoms with van der Waals surface area (Å²) >= 11 is 0. The smallest absolute Gasteiger partial charge is 0.246 e. The Balaban J connectivity index is 1.91. The highest BCUT2D eigenvalue weighted by molar-refractivity contribution is 6.07. The van der Waals surface area contributed by atoms with Gasteiger partial charge in [-0.15, -0.1) is 0 Å². The van der Waals surface area contributed by atoms with Gasteiger partial charge in [0.1, 0.15) is 18.1 Å². The summed E-state index contributed by atoms with van der Waals surface area (Å²) < 4.78 is 0. The van der Waals surface area contributed by atoms with E-state index in [1.54, 1.807) is 0 Å². The second-order valence-electron chi connectivity index (χ2n) is 11.1. The van der Waals surface area contributed by atoms with Crippen molar-refractivity contribution < 1.29 is 19.2 Å². The number of nitriles is 1. The number of fused-ring (bicyclic) bond motifs is 2. The lowest BCUT2D eigenvalue weighted by molar-refractivity contribution is -0.138. The van der Waals surface area contributed by atoms with Crippen LogP contribution in [0.4, 0.5) is 5.69 Å². The third-order valence-corrected chi connectivity index (χ3v) is 6.65. The fourth-order valence-electron chi connectivity index (χ4n) is 5.01. The van der Waals surface area contributed by atoms with E-state index in [-0.39, 0.29) is 36.1 Å². The van der Waals surface area contributed by atoms with Gasteiger partial charge < -0.3 is 20.9 Å². The van der Waals surface area contributed by atoms with Crippen molar-refractivity contribution >= 4 is 29.3 Å². The summed E-state index contributed by atoms with van der Waals surface area (Å²) in [5, 5.41) is 18.3. The maximum absolute atomic E-state index is 13.8. The molecule has 1 saturated heterocycles. The summed E-state index contributed by atoms with van der Waals surface area (Å²) in [4.78, 5) is 53.1.